The number of hydrogen-bond donors (Lipinski definition) is 1. The number of benzene rings is 1. The second-order valence-electron chi connectivity index (χ2n) is 5.95. The number of nitrogens with one attached hydrogen (secondary N) is 1. The van der Waals surface area contributed by atoms with Crippen LogP contribution in [-0.2, 0) is 6.18 Å². The zero-order valence-corrected chi connectivity index (χ0v) is 14.5. The molecule has 0 atom stereocenters. The zero-order chi connectivity index (χ0) is 19.6. The van der Waals surface area contributed by atoms with Crippen molar-refractivity contribution in [2.45, 2.75) is 13.1 Å². The van der Waals surface area contributed by atoms with Gasteiger partial charge < -0.3 is 10.2 Å². The predicted octanol–water partition coefficient (Wildman–Crippen LogP) is 3.61. The minimum absolute atomic E-state index is 0.109. The van der Waals surface area contributed by atoms with E-state index in [9.17, 15) is 22.8 Å². The number of amides is 3. The van der Waals surface area contributed by atoms with Crippen LogP contribution in [0, 0.1) is 0 Å². The van der Waals surface area contributed by atoms with Gasteiger partial charge in [-0.3, -0.25) is 9.69 Å². The molecular formula is C18H17F3N4O2. The molecule has 0 saturated carbocycles. The van der Waals surface area contributed by atoms with E-state index in [0.29, 0.717) is 31.1 Å². The van der Waals surface area contributed by atoms with E-state index in [0.717, 1.165) is 12.1 Å². The molecule has 1 aliphatic rings. The van der Waals surface area contributed by atoms with E-state index in [2.05, 4.69) is 10.3 Å². The van der Waals surface area contributed by atoms with Crippen LogP contribution in [0.1, 0.15) is 22.8 Å². The van der Waals surface area contributed by atoms with Gasteiger partial charge in [0.25, 0.3) is 5.91 Å². The first kappa shape index (κ1) is 18.7. The topological polar surface area (TPSA) is 65.5 Å². The Bertz CT molecular complexity index is 852. The second kappa shape index (κ2) is 7.26. The van der Waals surface area contributed by atoms with Gasteiger partial charge in [0.05, 0.1) is 17.4 Å². The van der Waals surface area contributed by atoms with Crippen molar-refractivity contribution in [3.05, 3.63) is 53.7 Å². The number of rotatable bonds is 4. The highest BCUT2D eigenvalue weighted by molar-refractivity contribution is 6.04. The molecule has 0 aliphatic carbocycles. The molecule has 3 amide bonds. The molecule has 1 saturated heterocycles. The quantitative estimate of drug-likeness (QED) is 0.884. The van der Waals surface area contributed by atoms with Gasteiger partial charge in [-0.05, 0) is 37.3 Å². The van der Waals surface area contributed by atoms with Crippen LogP contribution >= 0.6 is 0 Å². The van der Waals surface area contributed by atoms with Gasteiger partial charge >= 0.3 is 12.2 Å². The molecule has 1 N–H and O–H groups in total. The Morgan fingerprint density at radius 2 is 2.00 bits per heavy atom. The molecule has 0 unspecified atom stereocenters. The van der Waals surface area contributed by atoms with Crippen molar-refractivity contribution in [1.29, 1.82) is 0 Å². The fourth-order valence-electron chi connectivity index (χ4n) is 2.75. The molecule has 142 valence electrons. The minimum Gasteiger partial charge on any atom is -0.323 e. The van der Waals surface area contributed by atoms with Gasteiger partial charge in [-0.25, -0.2) is 9.78 Å². The van der Waals surface area contributed by atoms with Crippen LogP contribution in [0.3, 0.4) is 0 Å². The Morgan fingerprint density at radius 1 is 1.22 bits per heavy atom. The standard InChI is InChI=1S/C18H17F3N4O2/c1-2-24-8-9-25(17(24)27)15-7-6-14(11-22-15)23-16(26)12-4-3-5-13(10-12)18(19,20)21/h3-7,10-11H,2,8-9H2,1H3,(H,23,26). The highest BCUT2D eigenvalue weighted by atomic mass is 19.4. The van der Waals surface area contributed by atoms with Crippen molar-refractivity contribution in [2.24, 2.45) is 0 Å². The monoisotopic (exact) mass is 378 g/mol. The van der Waals surface area contributed by atoms with E-state index < -0.39 is 17.6 Å². The third-order valence-electron chi connectivity index (χ3n) is 4.21. The van der Waals surface area contributed by atoms with E-state index in [1.54, 1.807) is 17.0 Å². The van der Waals surface area contributed by atoms with Crippen LogP contribution in [-0.4, -0.2) is 41.5 Å². The Hall–Kier alpha value is -3.10. The third kappa shape index (κ3) is 4.02. The number of likely N-dealkylation sites (N-methyl/N-ethyl adjacent to an activating group) is 1. The lowest BCUT2D eigenvalue weighted by molar-refractivity contribution is -0.137. The summed E-state index contributed by atoms with van der Waals surface area (Å²) in [4.78, 5) is 31.7. The molecular weight excluding hydrogens is 361 g/mol. The van der Waals surface area contributed by atoms with E-state index in [-0.39, 0.29) is 11.6 Å². The van der Waals surface area contributed by atoms with Crippen molar-refractivity contribution >= 4 is 23.4 Å². The molecule has 1 aromatic carbocycles. The van der Waals surface area contributed by atoms with Crippen LogP contribution in [0.25, 0.3) is 0 Å². The molecule has 3 rings (SSSR count). The number of alkyl halides is 3. The first-order valence-corrected chi connectivity index (χ1v) is 8.30. The van der Waals surface area contributed by atoms with Gasteiger partial charge in [0.1, 0.15) is 5.82 Å². The van der Waals surface area contributed by atoms with Crippen molar-refractivity contribution in [1.82, 2.24) is 9.88 Å². The lowest BCUT2D eigenvalue weighted by Gasteiger charge is -2.16. The number of hydrogen-bond acceptors (Lipinski definition) is 3. The largest absolute Gasteiger partial charge is 0.416 e. The average Bonchev–Trinajstić information content (AvgIpc) is 3.02. The molecule has 2 aromatic rings. The molecule has 1 fully saturated rings. The lowest BCUT2D eigenvalue weighted by atomic mass is 10.1. The molecule has 9 heteroatoms. The zero-order valence-electron chi connectivity index (χ0n) is 14.5. The smallest absolute Gasteiger partial charge is 0.323 e. The number of pyridine rings is 1. The first-order chi connectivity index (χ1) is 12.8. The number of aromatic nitrogens is 1. The summed E-state index contributed by atoms with van der Waals surface area (Å²) in [7, 11) is 0. The number of halogens is 3. The number of carbonyl (C=O) groups excluding carboxylic acids is 2. The van der Waals surface area contributed by atoms with Gasteiger partial charge in [0.15, 0.2) is 0 Å². The van der Waals surface area contributed by atoms with E-state index in [1.165, 1.54) is 23.2 Å². The second-order valence-corrected chi connectivity index (χ2v) is 5.95. The maximum Gasteiger partial charge on any atom is 0.416 e. The molecule has 0 spiro atoms. The Balaban J connectivity index is 1.70. The average molecular weight is 378 g/mol. The van der Waals surface area contributed by atoms with Crippen molar-refractivity contribution in [3.63, 3.8) is 0 Å². The summed E-state index contributed by atoms with van der Waals surface area (Å²) in [6.45, 7) is 3.64. The molecule has 0 radical (unpaired) electrons. The summed E-state index contributed by atoms with van der Waals surface area (Å²) >= 11 is 0. The van der Waals surface area contributed by atoms with E-state index in [1.807, 2.05) is 6.92 Å². The summed E-state index contributed by atoms with van der Waals surface area (Å²) in [5, 5.41) is 2.50. The Kier molecular flexibility index (Phi) is 5.02. The maximum absolute atomic E-state index is 12.8. The third-order valence-corrected chi connectivity index (χ3v) is 4.21. The fourth-order valence-corrected chi connectivity index (χ4v) is 2.75. The number of anilines is 2. The molecule has 0 bridgehead atoms. The maximum atomic E-state index is 12.8. The first-order valence-electron chi connectivity index (χ1n) is 8.30. The van der Waals surface area contributed by atoms with Crippen LogP contribution in [0.4, 0.5) is 29.5 Å². The van der Waals surface area contributed by atoms with Gasteiger partial charge in [0.2, 0.25) is 0 Å². The summed E-state index contributed by atoms with van der Waals surface area (Å²) < 4.78 is 38.3. The molecule has 1 aliphatic heterocycles. The van der Waals surface area contributed by atoms with Crippen molar-refractivity contribution in [2.75, 3.05) is 29.9 Å². The van der Waals surface area contributed by atoms with Gasteiger partial charge in [-0.1, -0.05) is 6.07 Å². The number of carbonyl (C=O) groups is 2. The van der Waals surface area contributed by atoms with Crippen LogP contribution in [0.2, 0.25) is 0 Å². The van der Waals surface area contributed by atoms with E-state index in [4.69, 9.17) is 0 Å². The number of nitrogens with zero attached hydrogens (tertiary/aromatic N) is 3. The minimum atomic E-state index is -4.52. The van der Waals surface area contributed by atoms with Crippen LogP contribution in [0.15, 0.2) is 42.6 Å². The molecule has 27 heavy (non-hydrogen) atoms. The SMILES string of the molecule is CCN1CCN(c2ccc(NC(=O)c3cccc(C(F)(F)F)c3)cn2)C1=O. The lowest BCUT2D eigenvalue weighted by Crippen LogP contribution is -2.32. The Labute approximate surface area is 153 Å². The predicted molar refractivity (Wildman–Crippen MR) is 93.6 cm³/mol. The van der Waals surface area contributed by atoms with E-state index >= 15 is 0 Å². The summed E-state index contributed by atoms with van der Waals surface area (Å²) in [5.74, 6) is -0.224. The fraction of sp³-hybridized carbons (Fsp3) is 0.278. The number of urea groups is 1. The van der Waals surface area contributed by atoms with Crippen molar-refractivity contribution in [3.8, 4) is 0 Å². The summed E-state index contributed by atoms with van der Waals surface area (Å²) in [5.41, 5.74) is -0.681. The Morgan fingerprint density at radius 3 is 2.59 bits per heavy atom. The van der Waals surface area contributed by atoms with Gasteiger partial charge in [0, 0.05) is 25.2 Å². The molecule has 2 heterocycles. The highest BCUT2D eigenvalue weighted by Gasteiger charge is 2.31. The highest BCUT2D eigenvalue weighted by Crippen LogP contribution is 2.29. The normalized spacial score (nSPS) is 14.6. The van der Waals surface area contributed by atoms with Crippen LogP contribution in [0.5, 0.6) is 0 Å². The van der Waals surface area contributed by atoms with Crippen LogP contribution < -0.4 is 10.2 Å². The summed E-state index contributed by atoms with van der Waals surface area (Å²) in [6.07, 6.45) is -3.16. The van der Waals surface area contributed by atoms with Gasteiger partial charge in [-0.2, -0.15) is 13.2 Å². The van der Waals surface area contributed by atoms with Crippen molar-refractivity contribution < 1.29 is 22.8 Å². The van der Waals surface area contributed by atoms with Gasteiger partial charge in [-0.15, -0.1) is 0 Å². The molecule has 6 nitrogen and oxygen atoms in total. The summed E-state index contributed by atoms with van der Waals surface area (Å²) in [6, 6.07) is 7.17. The molecule has 1 aromatic heterocycles.